The van der Waals surface area contributed by atoms with Gasteiger partial charge in [0.05, 0.1) is 19.0 Å². The standard InChI is InChI=1S/C22H30O7S/c1-5-28-20(24)22(21(25)29-6-2)12-18(19(13-22)14-30(4,26)27)11-16-7-9-17(10-8-16)15(3)23/h7-10,18-19H,5-6,11-14H2,1-4H3. The zero-order chi connectivity index (χ0) is 22.5. The van der Waals surface area contributed by atoms with E-state index in [4.69, 9.17) is 9.47 Å². The van der Waals surface area contributed by atoms with Crippen LogP contribution in [0.3, 0.4) is 0 Å². The van der Waals surface area contributed by atoms with Crippen LogP contribution in [0.1, 0.15) is 49.5 Å². The first-order valence-electron chi connectivity index (χ1n) is 10.1. The van der Waals surface area contributed by atoms with Crippen molar-refractivity contribution in [2.75, 3.05) is 25.2 Å². The van der Waals surface area contributed by atoms with Gasteiger partial charge in [0, 0.05) is 11.8 Å². The Morgan fingerprint density at radius 2 is 1.47 bits per heavy atom. The lowest BCUT2D eigenvalue weighted by Gasteiger charge is -2.24. The van der Waals surface area contributed by atoms with Crippen LogP contribution in [0.4, 0.5) is 0 Å². The topological polar surface area (TPSA) is 104 Å². The van der Waals surface area contributed by atoms with Crippen molar-refractivity contribution < 1.29 is 32.3 Å². The third kappa shape index (κ3) is 5.68. The van der Waals surface area contributed by atoms with Crippen LogP contribution < -0.4 is 0 Å². The molecule has 0 saturated heterocycles. The number of hydrogen-bond acceptors (Lipinski definition) is 7. The maximum atomic E-state index is 12.8. The normalized spacial score (nSPS) is 20.5. The van der Waals surface area contributed by atoms with E-state index in [2.05, 4.69) is 0 Å². The minimum absolute atomic E-state index is 0.0407. The molecule has 0 aliphatic heterocycles. The number of carbonyl (C=O) groups is 3. The van der Waals surface area contributed by atoms with Gasteiger partial charge in [0.1, 0.15) is 9.84 Å². The summed E-state index contributed by atoms with van der Waals surface area (Å²) in [5, 5.41) is 0. The van der Waals surface area contributed by atoms with Crippen LogP contribution in [0.2, 0.25) is 0 Å². The Morgan fingerprint density at radius 3 is 1.90 bits per heavy atom. The quantitative estimate of drug-likeness (QED) is 0.332. The molecule has 2 unspecified atom stereocenters. The molecule has 1 saturated carbocycles. The molecule has 0 radical (unpaired) electrons. The highest BCUT2D eigenvalue weighted by Crippen LogP contribution is 2.49. The molecule has 0 heterocycles. The van der Waals surface area contributed by atoms with E-state index in [1.807, 2.05) is 12.1 Å². The molecule has 166 valence electrons. The summed E-state index contributed by atoms with van der Waals surface area (Å²) in [6, 6.07) is 7.09. The molecule has 7 nitrogen and oxygen atoms in total. The van der Waals surface area contributed by atoms with Gasteiger partial charge in [0.25, 0.3) is 0 Å². The van der Waals surface area contributed by atoms with Crippen LogP contribution in [0.5, 0.6) is 0 Å². The van der Waals surface area contributed by atoms with Crippen LogP contribution >= 0.6 is 0 Å². The van der Waals surface area contributed by atoms with Gasteiger partial charge in [-0.2, -0.15) is 0 Å². The van der Waals surface area contributed by atoms with Gasteiger partial charge in [-0.3, -0.25) is 14.4 Å². The van der Waals surface area contributed by atoms with E-state index < -0.39 is 27.2 Å². The van der Waals surface area contributed by atoms with Crippen molar-refractivity contribution in [3.05, 3.63) is 35.4 Å². The molecule has 1 fully saturated rings. The summed E-state index contributed by atoms with van der Waals surface area (Å²) in [7, 11) is -3.33. The van der Waals surface area contributed by atoms with E-state index in [9.17, 15) is 22.8 Å². The first-order valence-corrected chi connectivity index (χ1v) is 12.2. The molecule has 1 aliphatic rings. The molecular formula is C22H30O7S. The molecule has 1 aromatic rings. The van der Waals surface area contributed by atoms with E-state index in [0.717, 1.165) is 11.8 Å². The Morgan fingerprint density at radius 1 is 0.967 bits per heavy atom. The van der Waals surface area contributed by atoms with Crippen molar-refractivity contribution >= 4 is 27.6 Å². The molecule has 30 heavy (non-hydrogen) atoms. The Balaban J connectivity index is 2.38. The van der Waals surface area contributed by atoms with Crippen LogP contribution in [-0.2, 0) is 35.3 Å². The van der Waals surface area contributed by atoms with Gasteiger partial charge >= 0.3 is 11.9 Å². The molecule has 1 aliphatic carbocycles. The SMILES string of the molecule is CCOC(=O)C1(C(=O)OCC)CC(Cc2ccc(C(C)=O)cc2)C(CS(C)(=O)=O)C1. The van der Waals surface area contributed by atoms with Gasteiger partial charge in [-0.15, -0.1) is 0 Å². The second-order valence-corrected chi connectivity index (χ2v) is 10.2. The summed E-state index contributed by atoms with van der Waals surface area (Å²) in [5.74, 6) is -2.09. The Labute approximate surface area is 178 Å². The number of Topliss-reactive ketones (excluding diaryl/α,β-unsaturated/α-hetero) is 1. The number of sulfone groups is 1. The van der Waals surface area contributed by atoms with Crippen molar-refractivity contribution in [3.63, 3.8) is 0 Å². The zero-order valence-corrected chi connectivity index (χ0v) is 18.8. The summed E-state index contributed by atoms with van der Waals surface area (Å²) >= 11 is 0. The molecule has 0 spiro atoms. The minimum Gasteiger partial charge on any atom is -0.465 e. The maximum Gasteiger partial charge on any atom is 0.323 e. The monoisotopic (exact) mass is 438 g/mol. The molecule has 0 aromatic heterocycles. The molecule has 2 rings (SSSR count). The van der Waals surface area contributed by atoms with Crippen molar-refractivity contribution in [2.45, 2.75) is 40.0 Å². The largest absolute Gasteiger partial charge is 0.465 e. The average molecular weight is 439 g/mol. The first-order chi connectivity index (χ1) is 14.0. The van der Waals surface area contributed by atoms with Crippen LogP contribution in [0.15, 0.2) is 24.3 Å². The maximum absolute atomic E-state index is 12.8. The highest BCUT2D eigenvalue weighted by molar-refractivity contribution is 7.90. The number of ether oxygens (including phenoxy) is 2. The molecule has 1 aromatic carbocycles. The van der Waals surface area contributed by atoms with Gasteiger partial charge in [-0.25, -0.2) is 8.42 Å². The fourth-order valence-electron chi connectivity index (χ4n) is 4.27. The van der Waals surface area contributed by atoms with Crippen LogP contribution in [-0.4, -0.2) is 51.4 Å². The Kier molecular flexibility index (Phi) is 7.80. The molecule has 0 amide bonds. The average Bonchev–Trinajstić information content (AvgIpc) is 3.00. The van der Waals surface area contributed by atoms with Crippen molar-refractivity contribution in [3.8, 4) is 0 Å². The molecule has 8 heteroatoms. The first kappa shape index (κ1) is 24.1. The number of hydrogen-bond donors (Lipinski definition) is 0. The summed E-state index contributed by atoms with van der Waals surface area (Å²) in [6.45, 7) is 5.05. The van der Waals surface area contributed by atoms with Gasteiger partial charge in [-0.05, 0) is 57.4 Å². The van der Waals surface area contributed by atoms with E-state index in [-0.39, 0.29) is 49.4 Å². The lowest BCUT2D eigenvalue weighted by molar-refractivity contribution is -0.172. The van der Waals surface area contributed by atoms with Gasteiger partial charge in [0.15, 0.2) is 11.2 Å². The highest BCUT2D eigenvalue weighted by Gasteiger charge is 2.57. The van der Waals surface area contributed by atoms with Crippen LogP contribution in [0, 0.1) is 17.3 Å². The number of rotatable bonds is 9. The lowest BCUT2D eigenvalue weighted by atomic mass is 9.84. The third-order valence-electron chi connectivity index (χ3n) is 5.60. The van der Waals surface area contributed by atoms with E-state index >= 15 is 0 Å². The predicted octanol–water partition coefficient (Wildman–Crippen LogP) is 2.62. The van der Waals surface area contributed by atoms with E-state index in [0.29, 0.717) is 12.0 Å². The molecule has 2 atom stereocenters. The van der Waals surface area contributed by atoms with E-state index in [1.165, 1.54) is 6.92 Å². The fourth-order valence-corrected chi connectivity index (χ4v) is 5.44. The fraction of sp³-hybridized carbons (Fsp3) is 0.591. The molecule has 0 N–H and O–H groups in total. The lowest BCUT2D eigenvalue weighted by Crippen LogP contribution is -2.40. The molecular weight excluding hydrogens is 408 g/mol. The van der Waals surface area contributed by atoms with Gasteiger partial charge < -0.3 is 9.47 Å². The van der Waals surface area contributed by atoms with Gasteiger partial charge in [-0.1, -0.05) is 24.3 Å². The zero-order valence-electron chi connectivity index (χ0n) is 18.0. The molecule has 0 bridgehead atoms. The van der Waals surface area contributed by atoms with Crippen molar-refractivity contribution in [1.82, 2.24) is 0 Å². The van der Waals surface area contributed by atoms with Crippen LogP contribution in [0.25, 0.3) is 0 Å². The smallest absolute Gasteiger partial charge is 0.323 e. The summed E-state index contributed by atoms with van der Waals surface area (Å²) in [5.41, 5.74) is 0.00280. The predicted molar refractivity (Wildman–Crippen MR) is 112 cm³/mol. The third-order valence-corrected chi connectivity index (χ3v) is 6.63. The minimum atomic E-state index is -3.33. The van der Waals surface area contributed by atoms with E-state index in [1.54, 1.807) is 26.0 Å². The second-order valence-electron chi connectivity index (χ2n) is 8.00. The summed E-state index contributed by atoms with van der Waals surface area (Å²) in [4.78, 5) is 37.1. The Hall–Kier alpha value is -2.22. The number of carbonyl (C=O) groups excluding carboxylic acids is 3. The summed E-state index contributed by atoms with van der Waals surface area (Å²) < 4.78 is 34.5. The number of benzene rings is 1. The number of ketones is 1. The van der Waals surface area contributed by atoms with Gasteiger partial charge in [0.2, 0.25) is 0 Å². The second kappa shape index (κ2) is 9.73. The number of esters is 2. The van der Waals surface area contributed by atoms with Crippen molar-refractivity contribution in [2.24, 2.45) is 17.3 Å². The highest BCUT2D eigenvalue weighted by atomic mass is 32.2. The summed E-state index contributed by atoms with van der Waals surface area (Å²) in [6.07, 6.45) is 1.88. The van der Waals surface area contributed by atoms with Crippen molar-refractivity contribution in [1.29, 1.82) is 0 Å². The Bertz CT molecular complexity index is 869.